The molecule has 4 amide bonds. The van der Waals surface area contributed by atoms with Crippen molar-refractivity contribution in [3.8, 4) is 0 Å². The van der Waals surface area contributed by atoms with Gasteiger partial charge < -0.3 is 26.0 Å². The van der Waals surface area contributed by atoms with Gasteiger partial charge in [0.15, 0.2) is 0 Å². The molecule has 1 aromatic carbocycles. The molecule has 0 aliphatic heterocycles. The van der Waals surface area contributed by atoms with Crippen LogP contribution < -0.4 is 16.4 Å². The highest BCUT2D eigenvalue weighted by molar-refractivity contribution is 5.93. The SMILES string of the molecule is Cc1cccc(C(C(=O)NC(C)C)N(C(=O)C(CCC(N)=O)NC(=O)OC(C)(C)C)C(C)CCC(C)C)c1C. The highest BCUT2D eigenvalue weighted by Crippen LogP contribution is 2.31. The van der Waals surface area contributed by atoms with Gasteiger partial charge in [0, 0.05) is 18.5 Å². The molecule has 9 heteroatoms. The van der Waals surface area contributed by atoms with E-state index in [0.29, 0.717) is 17.9 Å². The lowest BCUT2D eigenvalue weighted by molar-refractivity contribution is -0.145. The summed E-state index contributed by atoms with van der Waals surface area (Å²) in [6.07, 6.45) is 0.560. The van der Waals surface area contributed by atoms with Crippen LogP contribution in [0, 0.1) is 19.8 Å². The second kappa shape index (κ2) is 14.9. The molecule has 0 bridgehead atoms. The van der Waals surface area contributed by atoms with Crippen molar-refractivity contribution in [1.29, 1.82) is 0 Å². The molecular weight excluding hydrogens is 496 g/mol. The first-order valence-corrected chi connectivity index (χ1v) is 13.9. The maximum absolute atomic E-state index is 14.4. The average molecular weight is 547 g/mol. The molecular formula is C30H50N4O5. The predicted octanol–water partition coefficient (Wildman–Crippen LogP) is 4.68. The third kappa shape index (κ3) is 11.3. The monoisotopic (exact) mass is 546 g/mol. The van der Waals surface area contributed by atoms with Crippen LogP contribution in [0.25, 0.3) is 0 Å². The zero-order chi connectivity index (χ0) is 30.1. The molecule has 0 saturated carbocycles. The number of carbonyl (C=O) groups is 4. The molecule has 3 atom stereocenters. The Kier molecular flexibility index (Phi) is 13.0. The summed E-state index contributed by atoms with van der Waals surface area (Å²) in [7, 11) is 0. The van der Waals surface area contributed by atoms with Gasteiger partial charge in [0.1, 0.15) is 17.7 Å². The van der Waals surface area contributed by atoms with E-state index in [1.165, 1.54) is 0 Å². The van der Waals surface area contributed by atoms with Crippen molar-refractivity contribution in [2.24, 2.45) is 11.7 Å². The van der Waals surface area contributed by atoms with Gasteiger partial charge in [-0.05, 0) is 97.3 Å². The van der Waals surface area contributed by atoms with Crippen LogP contribution in [-0.4, -0.2) is 52.4 Å². The van der Waals surface area contributed by atoms with Gasteiger partial charge in [-0.1, -0.05) is 32.0 Å². The number of nitrogens with one attached hydrogen (secondary N) is 2. The molecule has 0 aromatic heterocycles. The van der Waals surface area contributed by atoms with Gasteiger partial charge in [0.2, 0.25) is 17.7 Å². The molecule has 1 rings (SSSR count). The average Bonchev–Trinajstić information content (AvgIpc) is 2.78. The topological polar surface area (TPSA) is 131 Å². The summed E-state index contributed by atoms with van der Waals surface area (Å²) in [6.45, 7) is 18.9. The van der Waals surface area contributed by atoms with Crippen LogP contribution in [0.15, 0.2) is 18.2 Å². The number of hydrogen-bond acceptors (Lipinski definition) is 5. The van der Waals surface area contributed by atoms with Crippen LogP contribution in [-0.2, 0) is 19.1 Å². The lowest BCUT2D eigenvalue weighted by atomic mass is 9.92. The summed E-state index contributed by atoms with van der Waals surface area (Å²) in [4.78, 5) is 54.2. The number of nitrogens with two attached hydrogens (primary N) is 1. The van der Waals surface area contributed by atoms with E-state index in [9.17, 15) is 19.2 Å². The normalized spacial score (nSPS) is 13.9. The fourth-order valence-corrected chi connectivity index (χ4v) is 4.34. The predicted molar refractivity (Wildman–Crippen MR) is 154 cm³/mol. The van der Waals surface area contributed by atoms with E-state index in [1.54, 1.807) is 25.7 Å². The van der Waals surface area contributed by atoms with E-state index in [2.05, 4.69) is 24.5 Å². The van der Waals surface area contributed by atoms with E-state index in [4.69, 9.17) is 10.5 Å². The number of aryl methyl sites for hydroxylation is 1. The van der Waals surface area contributed by atoms with Crippen molar-refractivity contribution in [2.75, 3.05) is 0 Å². The summed E-state index contributed by atoms with van der Waals surface area (Å²) in [5.41, 5.74) is 7.23. The van der Waals surface area contributed by atoms with E-state index >= 15 is 0 Å². The number of amides is 4. The van der Waals surface area contributed by atoms with Crippen molar-refractivity contribution in [3.63, 3.8) is 0 Å². The molecule has 0 saturated heterocycles. The number of primary amides is 1. The molecule has 9 nitrogen and oxygen atoms in total. The van der Waals surface area contributed by atoms with Crippen LogP contribution in [0.1, 0.15) is 104 Å². The molecule has 0 fully saturated rings. The van der Waals surface area contributed by atoms with E-state index in [1.807, 2.05) is 52.8 Å². The van der Waals surface area contributed by atoms with Gasteiger partial charge >= 0.3 is 6.09 Å². The Morgan fingerprint density at radius 3 is 2.08 bits per heavy atom. The zero-order valence-electron chi connectivity index (χ0n) is 25.5. The van der Waals surface area contributed by atoms with Gasteiger partial charge in [-0.3, -0.25) is 14.4 Å². The molecule has 0 radical (unpaired) electrons. The Balaban J connectivity index is 3.71. The third-order valence-electron chi connectivity index (χ3n) is 6.46. The molecule has 0 heterocycles. The maximum Gasteiger partial charge on any atom is 0.408 e. The molecule has 0 spiro atoms. The van der Waals surface area contributed by atoms with Crippen LogP contribution in [0.5, 0.6) is 0 Å². The van der Waals surface area contributed by atoms with E-state index in [-0.39, 0.29) is 30.8 Å². The summed E-state index contributed by atoms with van der Waals surface area (Å²) in [5.74, 6) is -0.988. The van der Waals surface area contributed by atoms with Crippen LogP contribution >= 0.6 is 0 Å². The fraction of sp³-hybridized carbons (Fsp3) is 0.667. The molecule has 1 aromatic rings. The summed E-state index contributed by atoms with van der Waals surface area (Å²) in [6, 6.07) is 3.13. The minimum Gasteiger partial charge on any atom is -0.444 e. The second-order valence-electron chi connectivity index (χ2n) is 12.1. The maximum atomic E-state index is 14.4. The lowest BCUT2D eigenvalue weighted by Gasteiger charge is -2.39. The quantitative estimate of drug-likeness (QED) is 0.331. The van der Waals surface area contributed by atoms with Gasteiger partial charge in [0.05, 0.1) is 0 Å². The third-order valence-corrected chi connectivity index (χ3v) is 6.46. The number of carbonyl (C=O) groups excluding carboxylic acids is 4. The molecule has 4 N–H and O–H groups in total. The van der Waals surface area contributed by atoms with E-state index < -0.39 is 35.6 Å². The Morgan fingerprint density at radius 2 is 1.56 bits per heavy atom. The largest absolute Gasteiger partial charge is 0.444 e. The minimum absolute atomic E-state index is 0.0217. The van der Waals surface area contributed by atoms with Crippen LogP contribution in [0.2, 0.25) is 0 Å². The molecule has 39 heavy (non-hydrogen) atoms. The Morgan fingerprint density at radius 1 is 0.949 bits per heavy atom. The lowest BCUT2D eigenvalue weighted by Crippen LogP contribution is -2.56. The zero-order valence-corrected chi connectivity index (χ0v) is 25.5. The Hall–Kier alpha value is -3.10. The van der Waals surface area contributed by atoms with Crippen molar-refractivity contribution in [2.45, 2.75) is 125 Å². The van der Waals surface area contributed by atoms with Gasteiger partial charge in [-0.2, -0.15) is 0 Å². The van der Waals surface area contributed by atoms with Crippen molar-refractivity contribution >= 4 is 23.8 Å². The summed E-state index contributed by atoms with van der Waals surface area (Å²) >= 11 is 0. The van der Waals surface area contributed by atoms with Crippen LogP contribution in [0.3, 0.4) is 0 Å². The number of ether oxygens (including phenoxy) is 1. The minimum atomic E-state index is -1.12. The van der Waals surface area contributed by atoms with Crippen molar-refractivity contribution in [3.05, 3.63) is 34.9 Å². The summed E-state index contributed by atoms with van der Waals surface area (Å²) < 4.78 is 5.41. The van der Waals surface area contributed by atoms with Gasteiger partial charge in [0.25, 0.3) is 0 Å². The Labute approximate surface area is 234 Å². The number of rotatable bonds is 13. The number of benzene rings is 1. The molecule has 220 valence electrons. The fourth-order valence-electron chi connectivity index (χ4n) is 4.34. The number of hydrogen-bond donors (Lipinski definition) is 3. The second-order valence-corrected chi connectivity index (χ2v) is 12.1. The molecule has 0 aliphatic carbocycles. The van der Waals surface area contributed by atoms with Gasteiger partial charge in [-0.25, -0.2) is 4.79 Å². The smallest absolute Gasteiger partial charge is 0.408 e. The number of nitrogens with zero attached hydrogens (tertiary/aromatic N) is 1. The summed E-state index contributed by atoms with van der Waals surface area (Å²) in [5, 5.41) is 5.63. The van der Waals surface area contributed by atoms with Crippen LogP contribution in [0.4, 0.5) is 4.79 Å². The van der Waals surface area contributed by atoms with Crippen molar-refractivity contribution < 1.29 is 23.9 Å². The molecule has 0 aliphatic rings. The van der Waals surface area contributed by atoms with Gasteiger partial charge in [-0.15, -0.1) is 0 Å². The first kappa shape index (κ1) is 33.9. The Bertz CT molecular complexity index is 1000. The van der Waals surface area contributed by atoms with Crippen molar-refractivity contribution in [1.82, 2.24) is 15.5 Å². The first-order chi connectivity index (χ1) is 17.9. The van der Waals surface area contributed by atoms with E-state index in [0.717, 1.165) is 17.5 Å². The highest BCUT2D eigenvalue weighted by Gasteiger charge is 2.39. The molecule has 3 unspecified atom stereocenters. The standard InChI is InChI=1S/C30H50N4O5/c1-18(2)14-15-21(6)34(26(27(36)32-19(3)4)23-13-11-12-20(5)22(23)7)28(37)24(16-17-25(31)35)33-29(38)39-30(8,9)10/h11-13,18-19,21,24,26H,14-17H2,1-10H3,(H2,31,35)(H,32,36)(H,33,38). The highest BCUT2D eigenvalue weighted by atomic mass is 16.6. The number of alkyl carbamates (subject to hydrolysis) is 1. The first-order valence-electron chi connectivity index (χ1n) is 13.9.